The van der Waals surface area contributed by atoms with Gasteiger partial charge in [-0.1, -0.05) is 0 Å². The molecule has 0 bridgehead atoms. The summed E-state index contributed by atoms with van der Waals surface area (Å²) >= 11 is 0. The second kappa shape index (κ2) is 5.32. The summed E-state index contributed by atoms with van der Waals surface area (Å²) in [5, 5.41) is 6.74. The molecular formula is C10H20N2O2. The van der Waals surface area contributed by atoms with Crippen LogP contribution in [0, 0.1) is 0 Å². The molecule has 0 aromatic heterocycles. The van der Waals surface area contributed by atoms with E-state index in [1.165, 1.54) is 0 Å². The number of carbonyl (C=O) groups is 1. The summed E-state index contributed by atoms with van der Waals surface area (Å²) in [4.78, 5) is 11.2. The first-order chi connectivity index (χ1) is 6.66. The molecule has 0 aliphatic carbocycles. The number of carbonyl (C=O) groups excluding carboxylic acids is 1. The first-order valence-electron chi connectivity index (χ1n) is 5.28. The van der Waals surface area contributed by atoms with E-state index in [0.29, 0.717) is 13.0 Å². The summed E-state index contributed by atoms with van der Waals surface area (Å²) in [7, 11) is 0. The Balaban J connectivity index is 2.24. The van der Waals surface area contributed by atoms with E-state index >= 15 is 0 Å². The zero-order valence-corrected chi connectivity index (χ0v) is 9.06. The second-order valence-corrected chi connectivity index (χ2v) is 3.97. The Morgan fingerprint density at radius 1 is 1.50 bits per heavy atom. The molecule has 0 saturated carbocycles. The largest absolute Gasteiger partial charge is 0.466 e. The Morgan fingerprint density at radius 2 is 2.29 bits per heavy atom. The van der Waals surface area contributed by atoms with Crippen molar-refractivity contribution >= 4 is 5.97 Å². The molecule has 0 aromatic carbocycles. The lowest BCUT2D eigenvalue weighted by Gasteiger charge is -2.35. The molecule has 4 nitrogen and oxygen atoms in total. The standard InChI is InChI=1S/C10H20N2O2/c1-3-14-9(13)4-5-10(2)8-11-6-7-12-10/h11-12H,3-8H2,1-2H3. The number of rotatable bonds is 4. The number of hydrogen-bond acceptors (Lipinski definition) is 4. The molecule has 82 valence electrons. The molecule has 1 unspecified atom stereocenters. The van der Waals surface area contributed by atoms with Gasteiger partial charge in [-0.25, -0.2) is 0 Å². The molecule has 1 rings (SSSR count). The molecule has 0 radical (unpaired) electrons. The fraction of sp³-hybridized carbons (Fsp3) is 0.900. The fourth-order valence-electron chi connectivity index (χ4n) is 1.67. The Morgan fingerprint density at radius 3 is 2.86 bits per heavy atom. The lowest BCUT2D eigenvalue weighted by Crippen LogP contribution is -2.57. The predicted molar refractivity (Wildman–Crippen MR) is 55.1 cm³/mol. The number of esters is 1. The van der Waals surface area contributed by atoms with Gasteiger partial charge in [-0.3, -0.25) is 4.79 Å². The minimum Gasteiger partial charge on any atom is -0.466 e. The highest BCUT2D eigenvalue weighted by atomic mass is 16.5. The van der Waals surface area contributed by atoms with Crippen molar-refractivity contribution < 1.29 is 9.53 Å². The smallest absolute Gasteiger partial charge is 0.305 e. The van der Waals surface area contributed by atoms with Gasteiger partial charge < -0.3 is 15.4 Å². The van der Waals surface area contributed by atoms with Gasteiger partial charge in [0.2, 0.25) is 0 Å². The van der Waals surface area contributed by atoms with Crippen molar-refractivity contribution in [1.29, 1.82) is 0 Å². The average molecular weight is 200 g/mol. The molecule has 0 spiro atoms. The van der Waals surface area contributed by atoms with Crippen LogP contribution in [-0.4, -0.2) is 37.7 Å². The van der Waals surface area contributed by atoms with Crippen LogP contribution in [0.3, 0.4) is 0 Å². The molecule has 1 fully saturated rings. The quantitative estimate of drug-likeness (QED) is 0.640. The minimum absolute atomic E-state index is 0.0466. The Hall–Kier alpha value is -0.610. The maximum Gasteiger partial charge on any atom is 0.305 e. The van der Waals surface area contributed by atoms with Crippen LogP contribution in [0.2, 0.25) is 0 Å². The van der Waals surface area contributed by atoms with Gasteiger partial charge in [0.25, 0.3) is 0 Å². The third-order valence-electron chi connectivity index (χ3n) is 2.55. The van der Waals surface area contributed by atoms with Gasteiger partial charge in [0.15, 0.2) is 0 Å². The zero-order chi connectivity index (χ0) is 10.4. The molecule has 1 heterocycles. The van der Waals surface area contributed by atoms with Crippen molar-refractivity contribution in [3.8, 4) is 0 Å². The fourth-order valence-corrected chi connectivity index (χ4v) is 1.67. The van der Waals surface area contributed by atoms with E-state index < -0.39 is 0 Å². The maximum absolute atomic E-state index is 11.2. The van der Waals surface area contributed by atoms with E-state index in [1.807, 2.05) is 6.92 Å². The van der Waals surface area contributed by atoms with Crippen LogP contribution in [0.15, 0.2) is 0 Å². The van der Waals surface area contributed by atoms with E-state index in [4.69, 9.17) is 4.74 Å². The van der Waals surface area contributed by atoms with E-state index in [-0.39, 0.29) is 11.5 Å². The van der Waals surface area contributed by atoms with Gasteiger partial charge >= 0.3 is 5.97 Å². The Bertz CT molecular complexity index is 189. The van der Waals surface area contributed by atoms with E-state index in [1.54, 1.807) is 0 Å². The summed E-state index contributed by atoms with van der Waals surface area (Å²) in [5.41, 5.74) is 0.0466. The first-order valence-corrected chi connectivity index (χ1v) is 5.28. The first kappa shape index (κ1) is 11.5. The summed E-state index contributed by atoms with van der Waals surface area (Å²) in [6, 6.07) is 0. The van der Waals surface area contributed by atoms with Gasteiger partial charge in [-0.15, -0.1) is 0 Å². The van der Waals surface area contributed by atoms with Crippen LogP contribution >= 0.6 is 0 Å². The highest BCUT2D eigenvalue weighted by molar-refractivity contribution is 5.69. The van der Waals surface area contributed by atoms with Crippen molar-refractivity contribution in [3.05, 3.63) is 0 Å². The topological polar surface area (TPSA) is 50.4 Å². The normalized spacial score (nSPS) is 27.3. The van der Waals surface area contributed by atoms with Gasteiger partial charge in [-0.05, 0) is 20.3 Å². The van der Waals surface area contributed by atoms with Crippen molar-refractivity contribution in [2.24, 2.45) is 0 Å². The van der Waals surface area contributed by atoms with Crippen molar-refractivity contribution in [2.75, 3.05) is 26.2 Å². The number of hydrogen-bond donors (Lipinski definition) is 2. The third kappa shape index (κ3) is 3.64. The maximum atomic E-state index is 11.2. The summed E-state index contributed by atoms with van der Waals surface area (Å²) in [6.45, 7) is 7.35. The molecule has 1 atom stereocenters. The Kier molecular flexibility index (Phi) is 4.35. The monoisotopic (exact) mass is 200 g/mol. The van der Waals surface area contributed by atoms with E-state index in [0.717, 1.165) is 26.1 Å². The number of piperazine rings is 1. The summed E-state index contributed by atoms with van der Waals surface area (Å²) < 4.78 is 4.89. The molecule has 1 aliphatic heterocycles. The molecule has 14 heavy (non-hydrogen) atoms. The van der Waals surface area contributed by atoms with Gasteiger partial charge in [-0.2, -0.15) is 0 Å². The van der Waals surface area contributed by atoms with E-state index in [9.17, 15) is 4.79 Å². The molecule has 4 heteroatoms. The summed E-state index contributed by atoms with van der Waals surface area (Å²) in [6.07, 6.45) is 1.33. The van der Waals surface area contributed by atoms with Gasteiger partial charge in [0.1, 0.15) is 0 Å². The molecule has 1 saturated heterocycles. The summed E-state index contributed by atoms with van der Waals surface area (Å²) in [5.74, 6) is -0.0962. The molecule has 0 amide bonds. The van der Waals surface area contributed by atoms with Crippen LogP contribution in [0.4, 0.5) is 0 Å². The van der Waals surface area contributed by atoms with Crippen LogP contribution in [0.1, 0.15) is 26.7 Å². The molecular weight excluding hydrogens is 180 g/mol. The van der Waals surface area contributed by atoms with Crippen molar-refractivity contribution in [3.63, 3.8) is 0 Å². The van der Waals surface area contributed by atoms with Gasteiger partial charge in [0.05, 0.1) is 6.61 Å². The average Bonchev–Trinajstić information content (AvgIpc) is 2.17. The van der Waals surface area contributed by atoms with Crippen LogP contribution in [0.5, 0.6) is 0 Å². The molecule has 0 aromatic rings. The van der Waals surface area contributed by atoms with Crippen molar-refractivity contribution in [2.45, 2.75) is 32.2 Å². The molecule has 1 aliphatic rings. The molecule has 2 N–H and O–H groups in total. The number of ether oxygens (including phenoxy) is 1. The zero-order valence-electron chi connectivity index (χ0n) is 9.06. The predicted octanol–water partition coefficient (Wildman–Crippen LogP) is 0.281. The second-order valence-electron chi connectivity index (χ2n) is 3.97. The lowest BCUT2D eigenvalue weighted by atomic mass is 9.94. The SMILES string of the molecule is CCOC(=O)CCC1(C)CNCCN1. The highest BCUT2D eigenvalue weighted by Crippen LogP contribution is 2.13. The lowest BCUT2D eigenvalue weighted by molar-refractivity contribution is -0.143. The Labute approximate surface area is 85.4 Å². The highest BCUT2D eigenvalue weighted by Gasteiger charge is 2.26. The van der Waals surface area contributed by atoms with E-state index in [2.05, 4.69) is 17.6 Å². The third-order valence-corrected chi connectivity index (χ3v) is 2.55. The van der Waals surface area contributed by atoms with Crippen LogP contribution < -0.4 is 10.6 Å². The van der Waals surface area contributed by atoms with Crippen LogP contribution in [-0.2, 0) is 9.53 Å². The minimum atomic E-state index is -0.0962. The number of nitrogens with one attached hydrogen (secondary N) is 2. The van der Waals surface area contributed by atoms with Crippen LogP contribution in [0.25, 0.3) is 0 Å². The van der Waals surface area contributed by atoms with Gasteiger partial charge in [0, 0.05) is 31.6 Å². The van der Waals surface area contributed by atoms with Crippen molar-refractivity contribution in [1.82, 2.24) is 10.6 Å².